The van der Waals surface area contributed by atoms with E-state index in [1.807, 2.05) is 36.4 Å². The van der Waals surface area contributed by atoms with E-state index in [-0.39, 0.29) is 12.3 Å². The number of fused-ring (bicyclic) bond motifs is 1. The van der Waals surface area contributed by atoms with Crippen LogP contribution in [0.4, 0.5) is 5.69 Å². The molecule has 3 aromatic rings. The highest BCUT2D eigenvalue weighted by atomic mass is 32.2. The summed E-state index contributed by atoms with van der Waals surface area (Å²) in [7, 11) is 1.64. The lowest BCUT2D eigenvalue weighted by molar-refractivity contribution is -0.115. The van der Waals surface area contributed by atoms with E-state index in [1.54, 1.807) is 35.7 Å². The quantitative estimate of drug-likeness (QED) is 0.375. The number of aromatic nitrogens is 3. The first-order valence-corrected chi connectivity index (χ1v) is 11.6. The molecule has 2 heterocycles. The number of anilines is 1. The standard InChI is InChI=1S/C24H26N4O4S/c1-3-11-28-21(20(26-27-28)16-33-19-8-6-18(30-2)7-9-19)15-24(29)25-17-5-10-22-23(14-17)32-13-4-12-31-22/h3,5-10,14H,1,4,11-13,15-16H2,2H3,(H,25,29). The van der Waals surface area contributed by atoms with Crippen molar-refractivity contribution in [3.05, 3.63) is 66.5 Å². The normalized spacial score (nSPS) is 12.6. The third kappa shape index (κ3) is 5.87. The summed E-state index contributed by atoms with van der Waals surface area (Å²) in [5.41, 5.74) is 2.19. The number of benzene rings is 2. The molecule has 0 bridgehead atoms. The van der Waals surface area contributed by atoms with Gasteiger partial charge in [0.05, 0.1) is 44.7 Å². The number of ether oxygens (including phenoxy) is 3. The number of carbonyl (C=O) groups excluding carboxylic acids is 1. The van der Waals surface area contributed by atoms with Crippen LogP contribution in [-0.4, -0.2) is 41.2 Å². The van der Waals surface area contributed by atoms with Gasteiger partial charge in [0.2, 0.25) is 5.91 Å². The fourth-order valence-corrected chi connectivity index (χ4v) is 4.22. The molecule has 0 spiro atoms. The lowest BCUT2D eigenvalue weighted by Crippen LogP contribution is -2.18. The number of carbonyl (C=O) groups is 1. The number of hydrogen-bond acceptors (Lipinski definition) is 7. The van der Waals surface area contributed by atoms with E-state index in [2.05, 4.69) is 22.2 Å². The number of thioether (sulfide) groups is 1. The van der Waals surface area contributed by atoms with Crippen molar-refractivity contribution in [1.29, 1.82) is 0 Å². The molecule has 0 saturated carbocycles. The third-order valence-electron chi connectivity index (χ3n) is 5.01. The average molecular weight is 467 g/mol. The molecule has 4 rings (SSSR count). The highest BCUT2D eigenvalue weighted by Crippen LogP contribution is 2.32. The Morgan fingerprint density at radius 1 is 1.21 bits per heavy atom. The Labute approximate surface area is 196 Å². The molecule has 172 valence electrons. The summed E-state index contributed by atoms with van der Waals surface area (Å²) in [6.07, 6.45) is 2.71. The summed E-state index contributed by atoms with van der Waals surface area (Å²) >= 11 is 1.63. The first-order chi connectivity index (χ1) is 16.2. The zero-order valence-corrected chi connectivity index (χ0v) is 19.3. The average Bonchev–Trinajstić information content (AvgIpc) is 3.04. The Hall–Kier alpha value is -3.46. The number of nitrogens with one attached hydrogen (secondary N) is 1. The molecule has 0 fully saturated rings. The summed E-state index contributed by atoms with van der Waals surface area (Å²) in [4.78, 5) is 14.0. The van der Waals surface area contributed by atoms with Gasteiger partial charge < -0.3 is 19.5 Å². The Morgan fingerprint density at radius 2 is 2.00 bits per heavy atom. The largest absolute Gasteiger partial charge is 0.497 e. The maximum Gasteiger partial charge on any atom is 0.230 e. The number of nitrogens with zero attached hydrogens (tertiary/aromatic N) is 3. The molecule has 0 radical (unpaired) electrons. The van der Waals surface area contributed by atoms with Crippen LogP contribution in [0.1, 0.15) is 17.8 Å². The molecule has 8 nitrogen and oxygen atoms in total. The molecule has 0 saturated heterocycles. The molecule has 1 aromatic heterocycles. The maximum absolute atomic E-state index is 12.9. The van der Waals surface area contributed by atoms with Gasteiger partial charge in [0.1, 0.15) is 5.75 Å². The predicted molar refractivity (Wildman–Crippen MR) is 127 cm³/mol. The minimum Gasteiger partial charge on any atom is -0.497 e. The summed E-state index contributed by atoms with van der Waals surface area (Å²) in [6.45, 7) is 5.47. The van der Waals surface area contributed by atoms with Gasteiger partial charge in [-0.3, -0.25) is 4.79 Å². The molecule has 2 aromatic carbocycles. The molecule has 1 N–H and O–H groups in total. The number of hydrogen-bond donors (Lipinski definition) is 1. The van der Waals surface area contributed by atoms with Gasteiger partial charge in [0, 0.05) is 28.8 Å². The smallest absolute Gasteiger partial charge is 0.230 e. The van der Waals surface area contributed by atoms with Crippen LogP contribution in [0.15, 0.2) is 60.0 Å². The van der Waals surface area contributed by atoms with Gasteiger partial charge in [0.15, 0.2) is 11.5 Å². The minimum atomic E-state index is -0.159. The van der Waals surface area contributed by atoms with E-state index >= 15 is 0 Å². The molecule has 0 aliphatic carbocycles. The van der Waals surface area contributed by atoms with Gasteiger partial charge in [0.25, 0.3) is 0 Å². The van der Waals surface area contributed by atoms with E-state index in [1.165, 1.54) is 0 Å². The Balaban J connectivity index is 1.44. The van der Waals surface area contributed by atoms with Crippen molar-refractivity contribution >= 4 is 23.4 Å². The Kier molecular flexibility index (Phi) is 7.51. The van der Waals surface area contributed by atoms with Crippen molar-refractivity contribution in [1.82, 2.24) is 15.0 Å². The summed E-state index contributed by atoms with van der Waals surface area (Å²) < 4.78 is 18.3. The monoisotopic (exact) mass is 466 g/mol. The van der Waals surface area contributed by atoms with E-state index in [0.717, 1.165) is 28.5 Å². The number of rotatable bonds is 9. The summed E-state index contributed by atoms with van der Waals surface area (Å²) in [5, 5.41) is 11.5. The van der Waals surface area contributed by atoms with E-state index < -0.39 is 0 Å². The van der Waals surface area contributed by atoms with Crippen LogP contribution >= 0.6 is 11.8 Å². The van der Waals surface area contributed by atoms with Crippen molar-refractivity contribution < 1.29 is 19.0 Å². The van der Waals surface area contributed by atoms with Crippen molar-refractivity contribution in [2.75, 3.05) is 25.6 Å². The molecule has 9 heteroatoms. The van der Waals surface area contributed by atoms with E-state index in [9.17, 15) is 4.79 Å². The van der Waals surface area contributed by atoms with Crippen LogP contribution < -0.4 is 19.5 Å². The highest BCUT2D eigenvalue weighted by molar-refractivity contribution is 7.98. The number of methoxy groups -OCH3 is 1. The third-order valence-corrected chi connectivity index (χ3v) is 6.04. The Morgan fingerprint density at radius 3 is 2.76 bits per heavy atom. The fraction of sp³-hybridized carbons (Fsp3) is 0.292. The van der Waals surface area contributed by atoms with Gasteiger partial charge in [-0.15, -0.1) is 23.4 Å². The van der Waals surface area contributed by atoms with E-state index in [0.29, 0.717) is 42.7 Å². The SMILES string of the molecule is C=CCn1nnc(CSc2ccc(OC)cc2)c1CC(=O)Nc1ccc2c(c1)OCCCO2. The molecule has 1 aliphatic rings. The second kappa shape index (κ2) is 10.9. The molecule has 33 heavy (non-hydrogen) atoms. The van der Waals surface area contributed by atoms with Crippen molar-refractivity contribution in [3.63, 3.8) is 0 Å². The van der Waals surface area contributed by atoms with E-state index in [4.69, 9.17) is 14.2 Å². The van der Waals surface area contributed by atoms with Gasteiger partial charge in [-0.1, -0.05) is 11.3 Å². The molecule has 1 aliphatic heterocycles. The zero-order valence-electron chi connectivity index (χ0n) is 18.5. The first-order valence-electron chi connectivity index (χ1n) is 10.6. The fourth-order valence-electron chi connectivity index (χ4n) is 3.37. The lowest BCUT2D eigenvalue weighted by Gasteiger charge is -2.11. The van der Waals surface area contributed by atoms with Gasteiger partial charge in [-0.2, -0.15) is 0 Å². The predicted octanol–water partition coefficient (Wildman–Crippen LogP) is 4.11. The Bertz CT molecular complexity index is 1110. The highest BCUT2D eigenvalue weighted by Gasteiger charge is 2.18. The van der Waals surface area contributed by atoms with Crippen LogP contribution in [0.5, 0.6) is 17.2 Å². The lowest BCUT2D eigenvalue weighted by atomic mass is 10.2. The van der Waals surface area contributed by atoms with Crippen LogP contribution in [0.25, 0.3) is 0 Å². The summed E-state index contributed by atoms with van der Waals surface area (Å²) in [5.74, 6) is 2.57. The van der Waals surface area contributed by atoms with Crippen LogP contribution in [0.3, 0.4) is 0 Å². The van der Waals surface area contributed by atoms with Crippen LogP contribution in [0, 0.1) is 0 Å². The van der Waals surface area contributed by atoms with Gasteiger partial charge in [-0.05, 0) is 36.4 Å². The topological polar surface area (TPSA) is 87.5 Å². The van der Waals surface area contributed by atoms with Gasteiger partial charge >= 0.3 is 0 Å². The van der Waals surface area contributed by atoms with Gasteiger partial charge in [-0.25, -0.2) is 4.68 Å². The minimum absolute atomic E-state index is 0.147. The van der Waals surface area contributed by atoms with Crippen molar-refractivity contribution in [2.24, 2.45) is 0 Å². The van der Waals surface area contributed by atoms with Crippen molar-refractivity contribution in [2.45, 2.75) is 30.0 Å². The summed E-state index contributed by atoms with van der Waals surface area (Å²) in [6, 6.07) is 13.2. The maximum atomic E-state index is 12.9. The molecular formula is C24H26N4O4S. The first kappa shape index (κ1) is 22.7. The molecule has 0 unspecified atom stereocenters. The molecule has 0 atom stereocenters. The number of amides is 1. The van der Waals surface area contributed by atoms with Crippen LogP contribution in [0.2, 0.25) is 0 Å². The van der Waals surface area contributed by atoms with Crippen LogP contribution in [-0.2, 0) is 23.5 Å². The second-order valence-electron chi connectivity index (χ2n) is 7.35. The van der Waals surface area contributed by atoms with Crippen molar-refractivity contribution in [3.8, 4) is 17.2 Å². The number of allylic oxidation sites excluding steroid dienone is 1. The zero-order chi connectivity index (χ0) is 23.0. The second-order valence-corrected chi connectivity index (χ2v) is 8.40. The molecule has 1 amide bonds. The molecular weight excluding hydrogens is 440 g/mol.